The van der Waals surface area contributed by atoms with Crippen molar-refractivity contribution >= 4 is 9.84 Å². The Labute approximate surface area is 167 Å². The fraction of sp³-hybridized carbons (Fsp3) is 0.318. The van der Waals surface area contributed by atoms with Gasteiger partial charge in [-0.05, 0) is 43.2 Å². The van der Waals surface area contributed by atoms with Crippen LogP contribution in [0.4, 0.5) is 0 Å². The molecule has 0 atom stereocenters. The minimum absolute atomic E-state index is 0.148. The molecular formula is C22H27N3O2S. The summed E-state index contributed by atoms with van der Waals surface area (Å²) in [5.41, 5.74) is 6.48. The third kappa shape index (κ3) is 4.88. The van der Waals surface area contributed by atoms with Gasteiger partial charge in [0, 0.05) is 36.2 Å². The van der Waals surface area contributed by atoms with Gasteiger partial charge < -0.3 is 5.32 Å². The van der Waals surface area contributed by atoms with Gasteiger partial charge in [0.25, 0.3) is 0 Å². The Kier molecular flexibility index (Phi) is 6.31. The zero-order valence-electron chi connectivity index (χ0n) is 16.6. The van der Waals surface area contributed by atoms with Gasteiger partial charge in [0.15, 0.2) is 9.84 Å². The van der Waals surface area contributed by atoms with Crippen molar-refractivity contribution in [1.29, 1.82) is 0 Å². The van der Waals surface area contributed by atoms with Crippen LogP contribution in [0.2, 0.25) is 0 Å². The number of hydrogen-bond acceptors (Lipinski definition) is 4. The second kappa shape index (κ2) is 8.71. The van der Waals surface area contributed by atoms with Gasteiger partial charge in [-0.2, -0.15) is 5.10 Å². The quantitative estimate of drug-likeness (QED) is 0.589. The minimum atomic E-state index is -2.97. The lowest BCUT2D eigenvalue weighted by atomic mass is 10.0. The fourth-order valence-corrected chi connectivity index (χ4v) is 3.72. The summed E-state index contributed by atoms with van der Waals surface area (Å²) in [7, 11) is -2.97. The van der Waals surface area contributed by atoms with Crippen molar-refractivity contribution in [3.8, 4) is 16.9 Å². The van der Waals surface area contributed by atoms with E-state index in [1.165, 1.54) is 11.1 Å². The second-order valence-corrected chi connectivity index (χ2v) is 9.47. The molecule has 0 aliphatic rings. The lowest BCUT2D eigenvalue weighted by Crippen LogP contribution is -2.23. The van der Waals surface area contributed by atoms with Crippen molar-refractivity contribution in [3.63, 3.8) is 0 Å². The van der Waals surface area contributed by atoms with Gasteiger partial charge in [0.2, 0.25) is 0 Å². The number of aromatic nitrogens is 2. The summed E-state index contributed by atoms with van der Waals surface area (Å²) in [5, 5.41) is 8.08. The zero-order chi connectivity index (χ0) is 20.1. The van der Waals surface area contributed by atoms with Crippen molar-refractivity contribution in [2.75, 3.05) is 18.1 Å². The van der Waals surface area contributed by atoms with E-state index in [-0.39, 0.29) is 11.5 Å². The van der Waals surface area contributed by atoms with E-state index in [4.69, 9.17) is 5.10 Å². The van der Waals surface area contributed by atoms with Gasteiger partial charge in [-0.15, -0.1) is 0 Å². The van der Waals surface area contributed by atoms with E-state index >= 15 is 0 Å². The molecule has 0 bridgehead atoms. The summed E-state index contributed by atoms with van der Waals surface area (Å²) in [6, 6.07) is 16.3. The van der Waals surface area contributed by atoms with Crippen LogP contribution in [0.1, 0.15) is 23.6 Å². The predicted octanol–water partition coefficient (Wildman–Crippen LogP) is 3.68. The number of nitrogens with one attached hydrogen (secondary N) is 1. The molecule has 6 heteroatoms. The summed E-state index contributed by atoms with van der Waals surface area (Å²) in [6.45, 7) is 6.86. The molecule has 28 heavy (non-hydrogen) atoms. The van der Waals surface area contributed by atoms with E-state index in [9.17, 15) is 8.42 Å². The summed E-state index contributed by atoms with van der Waals surface area (Å²) in [6.07, 6.45) is 2.02. The molecule has 3 rings (SSSR count). The lowest BCUT2D eigenvalue weighted by Gasteiger charge is -2.07. The first-order valence-electron chi connectivity index (χ1n) is 9.52. The molecule has 1 heterocycles. The standard InChI is InChI=1S/C22H27N3O2S/c1-4-28(26,27)13-12-23-15-20-16-25(21-8-6-5-7-9-21)24-22(20)19-11-10-17(2)18(3)14-19/h5-11,14,16,23H,4,12-13,15H2,1-3H3. The fourth-order valence-electron chi connectivity index (χ4n) is 2.98. The van der Waals surface area contributed by atoms with Crippen molar-refractivity contribution < 1.29 is 8.42 Å². The third-order valence-corrected chi connectivity index (χ3v) is 6.64. The van der Waals surface area contributed by atoms with E-state index in [0.717, 1.165) is 22.5 Å². The van der Waals surface area contributed by atoms with E-state index in [2.05, 4.69) is 37.4 Å². The largest absolute Gasteiger partial charge is 0.312 e. The molecule has 0 spiro atoms. The Hall–Kier alpha value is -2.44. The van der Waals surface area contributed by atoms with Crippen molar-refractivity contribution in [2.45, 2.75) is 27.3 Å². The first kappa shape index (κ1) is 20.3. The molecule has 0 fully saturated rings. The number of hydrogen-bond donors (Lipinski definition) is 1. The highest BCUT2D eigenvalue weighted by atomic mass is 32.2. The molecule has 2 aromatic carbocycles. The van der Waals surface area contributed by atoms with Gasteiger partial charge >= 0.3 is 0 Å². The number of benzene rings is 2. The minimum Gasteiger partial charge on any atom is -0.312 e. The molecule has 148 valence electrons. The van der Waals surface area contributed by atoms with Crippen LogP contribution in [0.5, 0.6) is 0 Å². The maximum Gasteiger partial charge on any atom is 0.151 e. The third-order valence-electron chi connectivity index (χ3n) is 4.94. The van der Waals surface area contributed by atoms with E-state index < -0.39 is 9.84 Å². The Balaban J connectivity index is 1.88. The highest BCUT2D eigenvalue weighted by Gasteiger charge is 2.13. The normalized spacial score (nSPS) is 11.7. The first-order chi connectivity index (χ1) is 13.4. The van der Waals surface area contributed by atoms with Crippen LogP contribution in [-0.4, -0.2) is 36.2 Å². The molecule has 5 nitrogen and oxygen atoms in total. The van der Waals surface area contributed by atoms with E-state index in [1.807, 2.05) is 41.2 Å². The summed E-state index contributed by atoms with van der Waals surface area (Å²) < 4.78 is 25.3. The lowest BCUT2D eigenvalue weighted by molar-refractivity contribution is 0.592. The second-order valence-electron chi connectivity index (χ2n) is 7.00. The molecule has 0 saturated heterocycles. The molecule has 1 N–H and O–H groups in total. The number of rotatable bonds is 8. The van der Waals surface area contributed by atoms with Crippen LogP contribution in [0, 0.1) is 13.8 Å². The Bertz CT molecular complexity index is 1040. The first-order valence-corrected chi connectivity index (χ1v) is 11.3. The summed E-state index contributed by atoms with van der Waals surface area (Å²) >= 11 is 0. The van der Waals surface area contributed by atoms with Crippen LogP contribution in [0.3, 0.4) is 0 Å². The molecule has 0 aliphatic heterocycles. The number of sulfone groups is 1. The number of aryl methyl sites for hydroxylation is 2. The van der Waals surface area contributed by atoms with E-state index in [1.54, 1.807) is 6.92 Å². The molecule has 0 unspecified atom stereocenters. The summed E-state index contributed by atoms with van der Waals surface area (Å²) in [5.74, 6) is 0.323. The van der Waals surface area contributed by atoms with Crippen LogP contribution in [0.25, 0.3) is 16.9 Å². The van der Waals surface area contributed by atoms with Gasteiger partial charge in [-0.3, -0.25) is 0 Å². The van der Waals surface area contributed by atoms with Crippen molar-refractivity contribution in [1.82, 2.24) is 15.1 Å². The maximum absolute atomic E-state index is 11.7. The van der Waals surface area contributed by atoms with Gasteiger partial charge in [-0.25, -0.2) is 13.1 Å². The predicted molar refractivity (Wildman–Crippen MR) is 115 cm³/mol. The van der Waals surface area contributed by atoms with Crippen molar-refractivity contribution in [3.05, 3.63) is 71.4 Å². The molecule has 3 aromatic rings. The molecule has 0 aliphatic carbocycles. The van der Waals surface area contributed by atoms with Crippen LogP contribution in [-0.2, 0) is 16.4 Å². The zero-order valence-corrected chi connectivity index (χ0v) is 17.5. The van der Waals surface area contributed by atoms with Crippen LogP contribution >= 0.6 is 0 Å². The SMILES string of the molecule is CCS(=O)(=O)CCNCc1cn(-c2ccccc2)nc1-c1ccc(C)c(C)c1. The average Bonchev–Trinajstić information content (AvgIpc) is 3.12. The Morgan fingerprint density at radius 3 is 2.46 bits per heavy atom. The topological polar surface area (TPSA) is 64.0 Å². The molecule has 0 radical (unpaired) electrons. The highest BCUT2D eigenvalue weighted by Crippen LogP contribution is 2.25. The molecular weight excluding hydrogens is 370 g/mol. The Morgan fingerprint density at radius 1 is 1.04 bits per heavy atom. The monoisotopic (exact) mass is 397 g/mol. The maximum atomic E-state index is 11.7. The van der Waals surface area contributed by atoms with Crippen molar-refractivity contribution in [2.24, 2.45) is 0 Å². The van der Waals surface area contributed by atoms with Gasteiger partial charge in [-0.1, -0.05) is 37.3 Å². The number of nitrogens with zero attached hydrogens (tertiary/aromatic N) is 2. The van der Waals surface area contributed by atoms with Crippen LogP contribution < -0.4 is 5.32 Å². The summed E-state index contributed by atoms with van der Waals surface area (Å²) in [4.78, 5) is 0. The van der Waals surface area contributed by atoms with Gasteiger partial charge in [0.1, 0.15) is 0 Å². The highest BCUT2D eigenvalue weighted by molar-refractivity contribution is 7.91. The van der Waals surface area contributed by atoms with E-state index in [0.29, 0.717) is 13.1 Å². The smallest absolute Gasteiger partial charge is 0.151 e. The number of para-hydroxylation sites is 1. The molecule has 0 amide bonds. The molecule has 0 saturated carbocycles. The average molecular weight is 398 g/mol. The Morgan fingerprint density at radius 2 is 1.79 bits per heavy atom. The van der Waals surface area contributed by atoms with Gasteiger partial charge in [0.05, 0.1) is 17.1 Å². The molecule has 1 aromatic heterocycles. The van der Waals surface area contributed by atoms with Crippen LogP contribution in [0.15, 0.2) is 54.7 Å².